The molecule has 0 bridgehead atoms. The Balaban J connectivity index is 1.89. The molecule has 2 aromatic heterocycles. The van der Waals surface area contributed by atoms with Gasteiger partial charge in [0.2, 0.25) is 0 Å². The molecule has 0 spiro atoms. The monoisotopic (exact) mass is 411 g/mol. The van der Waals surface area contributed by atoms with Gasteiger partial charge in [-0.15, -0.1) is 11.3 Å². The Labute approximate surface area is 168 Å². The molecule has 1 atom stereocenters. The molecule has 1 aromatic carbocycles. The summed E-state index contributed by atoms with van der Waals surface area (Å²) in [4.78, 5) is 4.38. The molecular weight excluding hydrogens is 390 g/mol. The van der Waals surface area contributed by atoms with Gasteiger partial charge in [-0.3, -0.25) is 5.41 Å². The van der Waals surface area contributed by atoms with Crippen molar-refractivity contribution in [3.05, 3.63) is 41.7 Å². The van der Waals surface area contributed by atoms with Gasteiger partial charge in [-0.2, -0.15) is 0 Å². The van der Waals surface area contributed by atoms with E-state index in [0.29, 0.717) is 5.69 Å². The summed E-state index contributed by atoms with van der Waals surface area (Å²) in [5, 5.41) is 13.6. The molecule has 0 unspecified atom stereocenters. The van der Waals surface area contributed by atoms with Crippen LogP contribution in [-0.4, -0.2) is 29.7 Å². The molecule has 0 saturated carbocycles. The largest absolute Gasteiger partial charge is 0.362 e. The van der Waals surface area contributed by atoms with Crippen molar-refractivity contribution in [1.29, 1.82) is 5.41 Å². The number of hydrogen-bond acceptors (Lipinski definition) is 5. The van der Waals surface area contributed by atoms with Gasteiger partial charge in [0.05, 0.1) is 16.0 Å². The van der Waals surface area contributed by atoms with Crippen molar-refractivity contribution in [3.8, 4) is 11.8 Å². The predicted molar refractivity (Wildman–Crippen MR) is 116 cm³/mol. The molecule has 3 heterocycles. The molecular formula is C21H21N3O2S2. The van der Waals surface area contributed by atoms with Crippen LogP contribution in [0.25, 0.3) is 20.2 Å². The third-order valence-electron chi connectivity index (χ3n) is 5.51. The Hall–Kier alpha value is -2.43. The van der Waals surface area contributed by atoms with E-state index >= 15 is 0 Å². The highest BCUT2D eigenvalue weighted by molar-refractivity contribution is 7.93. The smallest absolute Gasteiger partial charge is 0.165 e. The third-order valence-corrected chi connectivity index (χ3v) is 9.34. The molecule has 0 radical (unpaired) electrons. The van der Waals surface area contributed by atoms with E-state index in [1.165, 1.54) is 0 Å². The van der Waals surface area contributed by atoms with E-state index < -0.39 is 20.1 Å². The summed E-state index contributed by atoms with van der Waals surface area (Å²) in [5.41, 5.74) is 0.712. The second-order valence-corrected chi connectivity index (χ2v) is 11.5. The van der Waals surface area contributed by atoms with Crippen molar-refractivity contribution < 1.29 is 8.42 Å². The molecule has 1 fully saturated rings. The summed E-state index contributed by atoms with van der Waals surface area (Å²) in [7, 11) is -3.48. The predicted octanol–water partition coefficient (Wildman–Crippen LogP) is 3.81. The fraction of sp³-hybridized carbons (Fsp3) is 0.333. The maximum atomic E-state index is 12.8. The molecule has 7 heteroatoms. The van der Waals surface area contributed by atoms with E-state index in [4.69, 9.17) is 5.41 Å². The van der Waals surface area contributed by atoms with Crippen molar-refractivity contribution >= 4 is 47.2 Å². The molecule has 144 valence electrons. The first-order valence-electron chi connectivity index (χ1n) is 8.92. The molecule has 5 nitrogen and oxygen atoms in total. The van der Waals surface area contributed by atoms with Gasteiger partial charge in [-0.05, 0) is 57.4 Å². The SMILES string of the molecule is CC#Cc1cc2c(cn1)sc1ccc([C@]3(C)CS(=O)(=O)C(C)(C)C(=N)N3)cc12. The molecule has 2 N–H and O–H groups in total. The normalized spacial score (nSPS) is 23.2. The fourth-order valence-corrected chi connectivity index (χ4v) is 6.31. The number of nitrogens with zero attached hydrogens (tertiary/aromatic N) is 1. The number of hydrogen-bond donors (Lipinski definition) is 2. The topological polar surface area (TPSA) is 82.9 Å². The number of rotatable bonds is 1. The van der Waals surface area contributed by atoms with Crippen molar-refractivity contribution in [2.45, 2.75) is 38.0 Å². The Morgan fingerprint density at radius 2 is 1.89 bits per heavy atom. The highest BCUT2D eigenvalue weighted by atomic mass is 32.2. The third kappa shape index (κ3) is 2.71. The zero-order chi connectivity index (χ0) is 20.3. The van der Waals surface area contributed by atoms with Crippen LogP contribution in [0.2, 0.25) is 0 Å². The van der Waals surface area contributed by atoms with Crippen LogP contribution < -0.4 is 5.32 Å². The minimum atomic E-state index is -3.48. The number of fused-ring (bicyclic) bond motifs is 3. The van der Waals surface area contributed by atoms with E-state index in [9.17, 15) is 8.42 Å². The van der Waals surface area contributed by atoms with Gasteiger partial charge in [0.1, 0.15) is 16.3 Å². The standard InChI is InChI=1S/C21H21N3O2S2/c1-5-6-14-10-16-15-9-13(7-8-17(15)27-18(16)11-23-14)21(4)12-28(25,26)20(2,3)19(22)24-21/h7-11H,12H2,1-4H3,(H2,22,24)/t21-/m0/s1. The summed E-state index contributed by atoms with van der Waals surface area (Å²) in [6.07, 6.45) is 1.84. The first-order chi connectivity index (χ1) is 13.1. The molecule has 0 amide bonds. The number of aromatic nitrogens is 1. The van der Waals surface area contributed by atoms with E-state index in [0.717, 1.165) is 25.7 Å². The minimum Gasteiger partial charge on any atom is -0.362 e. The number of nitrogens with one attached hydrogen (secondary N) is 2. The van der Waals surface area contributed by atoms with E-state index in [1.807, 2.05) is 37.4 Å². The Morgan fingerprint density at radius 3 is 2.57 bits per heavy atom. The average molecular weight is 412 g/mol. The van der Waals surface area contributed by atoms with Gasteiger partial charge in [0.25, 0.3) is 0 Å². The lowest BCUT2D eigenvalue weighted by Gasteiger charge is -2.43. The molecule has 3 aromatic rings. The molecule has 1 aliphatic rings. The molecule has 1 aliphatic heterocycles. The zero-order valence-electron chi connectivity index (χ0n) is 16.2. The summed E-state index contributed by atoms with van der Waals surface area (Å²) < 4.78 is 26.7. The summed E-state index contributed by atoms with van der Waals surface area (Å²) in [6, 6.07) is 7.98. The van der Waals surface area contributed by atoms with E-state index in [2.05, 4.69) is 22.1 Å². The van der Waals surface area contributed by atoms with Gasteiger partial charge in [-0.1, -0.05) is 12.0 Å². The lowest BCUT2D eigenvalue weighted by molar-refractivity contribution is 0.443. The van der Waals surface area contributed by atoms with Crippen molar-refractivity contribution in [3.63, 3.8) is 0 Å². The summed E-state index contributed by atoms with van der Waals surface area (Å²) in [5.74, 6) is 5.83. The van der Waals surface area contributed by atoms with Crippen LogP contribution >= 0.6 is 11.3 Å². The van der Waals surface area contributed by atoms with Crippen LogP contribution in [0.1, 0.15) is 39.0 Å². The fourth-order valence-electron chi connectivity index (χ4n) is 3.56. The van der Waals surface area contributed by atoms with Crippen molar-refractivity contribution in [1.82, 2.24) is 10.3 Å². The molecule has 1 saturated heterocycles. The van der Waals surface area contributed by atoms with Gasteiger partial charge in [0.15, 0.2) is 9.84 Å². The van der Waals surface area contributed by atoms with E-state index in [-0.39, 0.29) is 11.6 Å². The maximum absolute atomic E-state index is 12.8. The number of pyridine rings is 1. The number of amidine groups is 1. The second kappa shape index (κ2) is 6.03. The quantitative estimate of drug-likeness (QED) is 0.597. The second-order valence-electron chi connectivity index (χ2n) is 7.86. The van der Waals surface area contributed by atoms with Crippen LogP contribution in [0.5, 0.6) is 0 Å². The Morgan fingerprint density at radius 1 is 1.18 bits per heavy atom. The number of benzene rings is 1. The van der Waals surface area contributed by atoms with Crippen LogP contribution in [0, 0.1) is 17.3 Å². The summed E-state index contributed by atoms with van der Waals surface area (Å²) in [6.45, 7) is 6.79. The Kier molecular flexibility index (Phi) is 4.07. The number of sulfone groups is 1. The van der Waals surface area contributed by atoms with Gasteiger partial charge in [-0.25, -0.2) is 13.4 Å². The van der Waals surface area contributed by atoms with Crippen molar-refractivity contribution in [2.24, 2.45) is 0 Å². The average Bonchev–Trinajstić information content (AvgIpc) is 2.97. The highest BCUT2D eigenvalue weighted by Crippen LogP contribution is 2.39. The number of thiophene rings is 1. The van der Waals surface area contributed by atoms with Gasteiger partial charge >= 0.3 is 0 Å². The molecule has 28 heavy (non-hydrogen) atoms. The maximum Gasteiger partial charge on any atom is 0.165 e. The van der Waals surface area contributed by atoms with Gasteiger partial charge < -0.3 is 5.32 Å². The van der Waals surface area contributed by atoms with Crippen LogP contribution in [-0.2, 0) is 15.4 Å². The first kappa shape index (κ1) is 18.9. The van der Waals surface area contributed by atoms with Gasteiger partial charge in [0, 0.05) is 21.7 Å². The lowest BCUT2D eigenvalue weighted by Crippen LogP contribution is -2.63. The van der Waals surface area contributed by atoms with Crippen LogP contribution in [0.15, 0.2) is 30.5 Å². The van der Waals surface area contributed by atoms with Crippen LogP contribution in [0.4, 0.5) is 0 Å². The van der Waals surface area contributed by atoms with Crippen molar-refractivity contribution in [2.75, 3.05) is 5.75 Å². The lowest BCUT2D eigenvalue weighted by atomic mass is 9.91. The molecule has 4 rings (SSSR count). The van der Waals surface area contributed by atoms with E-state index in [1.54, 1.807) is 32.1 Å². The van der Waals surface area contributed by atoms with Crippen LogP contribution in [0.3, 0.4) is 0 Å². The highest BCUT2D eigenvalue weighted by Gasteiger charge is 2.50. The Bertz CT molecular complexity index is 1310. The molecule has 0 aliphatic carbocycles. The minimum absolute atomic E-state index is 0.0289. The summed E-state index contributed by atoms with van der Waals surface area (Å²) >= 11 is 1.65. The zero-order valence-corrected chi connectivity index (χ0v) is 17.8. The first-order valence-corrected chi connectivity index (χ1v) is 11.4.